The average molecular weight is 296 g/mol. The van der Waals surface area contributed by atoms with Crippen LogP contribution in [-0.4, -0.2) is 9.97 Å². The van der Waals surface area contributed by atoms with E-state index >= 15 is 0 Å². The molecule has 0 bridgehead atoms. The molecule has 0 spiro atoms. The Kier molecular flexibility index (Phi) is 3.77. The highest BCUT2D eigenvalue weighted by Crippen LogP contribution is 2.26. The molecule has 108 valence electrons. The van der Waals surface area contributed by atoms with Gasteiger partial charge in [-0.05, 0) is 28.7 Å². The van der Waals surface area contributed by atoms with Crippen LogP contribution < -0.4 is 0 Å². The Morgan fingerprint density at radius 2 is 1.71 bits per heavy atom. The van der Waals surface area contributed by atoms with Gasteiger partial charge in [-0.25, -0.2) is 4.98 Å². The number of rotatable bonds is 3. The number of para-hydroxylation sites is 2. The van der Waals surface area contributed by atoms with Crippen molar-refractivity contribution >= 4 is 22.8 Å². The Morgan fingerprint density at radius 1 is 1.00 bits per heavy atom. The number of nitrogens with one attached hydrogen (secondary N) is 1. The van der Waals surface area contributed by atoms with Crippen molar-refractivity contribution in [2.75, 3.05) is 0 Å². The number of thioether (sulfide) groups is 1. The second-order valence-electron chi connectivity index (χ2n) is 6.29. The first kappa shape index (κ1) is 14.2. The fourth-order valence-corrected chi connectivity index (χ4v) is 3.09. The minimum absolute atomic E-state index is 0.213. The Morgan fingerprint density at radius 3 is 2.38 bits per heavy atom. The fourth-order valence-electron chi connectivity index (χ4n) is 2.25. The van der Waals surface area contributed by atoms with Crippen molar-refractivity contribution in [3.63, 3.8) is 0 Å². The fraction of sp³-hybridized carbons (Fsp3) is 0.278. The number of aromatic nitrogens is 2. The van der Waals surface area contributed by atoms with E-state index in [1.807, 2.05) is 18.2 Å². The van der Waals surface area contributed by atoms with E-state index in [4.69, 9.17) is 0 Å². The number of H-pyrrole nitrogens is 1. The Hall–Kier alpha value is -1.74. The molecule has 1 heterocycles. The van der Waals surface area contributed by atoms with Crippen molar-refractivity contribution in [1.82, 2.24) is 9.97 Å². The number of imidazole rings is 1. The third kappa shape index (κ3) is 3.30. The summed E-state index contributed by atoms with van der Waals surface area (Å²) in [6.45, 7) is 6.72. The molecule has 1 N–H and O–H groups in total. The van der Waals surface area contributed by atoms with E-state index in [2.05, 4.69) is 61.1 Å². The van der Waals surface area contributed by atoms with Crippen LogP contribution in [0.15, 0.2) is 53.7 Å². The molecule has 0 aliphatic heterocycles. The second kappa shape index (κ2) is 5.57. The molecule has 3 heteroatoms. The molecule has 2 nitrogen and oxygen atoms in total. The van der Waals surface area contributed by atoms with Crippen LogP contribution >= 0.6 is 11.8 Å². The summed E-state index contributed by atoms with van der Waals surface area (Å²) in [5.41, 5.74) is 5.05. The quantitative estimate of drug-likeness (QED) is 0.677. The van der Waals surface area contributed by atoms with Gasteiger partial charge in [0.2, 0.25) is 0 Å². The number of hydrogen-bond acceptors (Lipinski definition) is 2. The van der Waals surface area contributed by atoms with Crippen LogP contribution in [-0.2, 0) is 11.2 Å². The van der Waals surface area contributed by atoms with Gasteiger partial charge in [-0.15, -0.1) is 0 Å². The first-order chi connectivity index (χ1) is 10.0. The lowest BCUT2D eigenvalue weighted by atomic mass is 9.87. The predicted octanol–water partition coefficient (Wildman–Crippen LogP) is 5.15. The monoisotopic (exact) mass is 296 g/mol. The van der Waals surface area contributed by atoms with Crippen LogP contribution in [0.25, 0.3) is 11.0 Å². The molecule has 0 atom stereocenters. The van der Waals surface area contributed by atoms with Gasteiger partial charge in [0.05, 0.1) is 11.0 Å². The van der Waals surface area contributed by atoms with Crippen molar-refractivity contribution in [3.8, 4) is 0 Å². The summed E-state index contributed by atoms with van der Waals surface area (Å²) in [4.78, 5) is 7.95. The van der Waals surface area contributed by atoms with Gasteiger partial charge in [0.15, 0.2) is 5.16 Å². The van der Waals surface area contributed by atoms with Crippen LogP contribution in [0.1, 0.15) is 31.9 Å². The van der Waals surface area contributed by atoms with Gasteiger partial charge in [0.1, 0.15) is 0 Å². The number of fused-ring (bicyclic) bond motifs is 1. The van der Waals surface area contributed by atoms with Gasteiger partial charge in [-0.1, -0.05) is 68.9 Å². The molecule has 21 heavy (non-hydrogen) atoms. The lowest BCUT2D eigenvalue weighted by Gasteiger charge is -2.19. The van der Waals surface area contributed by atoms with Gasteiger partial charge >= 0.3 is 0 Å². The number of nitrogens with zero attached hydrogens (tertiary/aromatic N) is 1. The van der Waals surface area contributed by atoms with Crippen LogP contribution in [0, 0.1) is 0 Å². The largest absolute Gasteiger partial charge is 0.333 e. The van der Waals surface area contributed by atoms with Crippen LogP contribution in [0.5, 0.6) is 0 Å². The summed E-state index contributed by atoms with van der Waals surface area (Å²) in [7, 11) is 0. The Bertz CT molecular complexity index is 703. The standard InChI is InChI=1S/C18H20N2S/c1-18(2,3)14-10-8-13(9-11-14)12-21-17-19-15-6-4-5-7-16(15)20-17/h4-11H,12H2,1-3H3,(H,19,20). The number of aromatic amines is 1. The highest BCUT2D eigenvalue weighted by atomic mass is 32.2. The lowest BCUT2D eigenvalue weighted by Crippen LogP contribution is -2.10. The topological polar surface area (TPSA) is 28.7 Å². The SMILES string of the molecule is CC(C)(C)c1ccc(CSc2nc3ccccc3[nH]2)cc1. The second-order valence-corrected chi connectivity index (χ2v) is 7.26. The summed E-state index contributed by atoms with van der Waals surface area (Å²) in [6.07, 6.45) is 0. The van der Waals surface area contributed by atoms with Gasteiger partial charge in [-0.3, -0.25) is 0 Å². The summed E-state index contributed by atoms with van der Waals surface area (Å²) in [5.74, 6) is 0.935. The molecular formula is C18H20N2S. The summed E-state index contributed by atoms with van der Waals surface area (Å²) < 4.78 is 0. The maximum atomic E-state index is 4.59. The molecule has 1 aromatic heterocycles. The van der Waals surface area contributed by atoms with E-state index in [0.29, 0.717) is 0 Å². The van der Waals surface area contributed by atoms with Gasteiger partial charge in [-0.2, -0.15) is 0 Å². The molecule has 0 saturated carbocycles. The molecule has 0 aliphatic carbocycles. The molecule has 0 fully saturated rings. The van der Waals surface area contributed by atoms with Gasteiger partial charge in [0, 0.05) is 5.75 Å². The Balaban J connectivity index is 1.69. The summed E-state index contributed by atoms with van der Waals surface area (Å²) in [5, 5.41) is 0.982. The summed E-state index contributed by atoms with van der Waals surface area (Å²) in [6, 6.07) is 17.0. The third-order valence-electron chi connectivity index (χ3n) is 3.56. The first-order valence-electron chi connectivity index (χ1n) is 7.19. The molecule has 2 aromatic carbocycles. The van der Waals surface area contributed by atoms with Crippen molar-refractivity contribution < 1.29 is 0 Å². The number of benzene rings is 2. The zero-order valence-electron chi connectivity index (χ0n) is 12.7. The molecule has 0 saturated heterocycles. The summed E-state index contributed by atoms with van der Waals surface area (Å²) >= 11 is 1.75. The highest BCUT2D eigenvalue weighted by Gasteiger charge is 2.12. The predicted molar refractivity (Wildman–Crippen MR) is 90.8 cm³/mol. The van der Waals surface area contributed by atoms with E-state index < -0.39 is 0 Å². The molecular weight excluding hydrogens is 276 g/mol. The van der Waals surface area contributed by atoms with Crippen molar-refractivity contribution in [3.05, 3.63) is 59.7 Å². The molecule has 0 radical (unpaired) electrons. The highest BCUT2D eigenvalue weighted by molar-refractivity contribution is 7.98. The van der Waals surface area contributed by atoms with E-state index in [-0.39, 0.29) is 5.41 Å². The maximum absolute atomic E-state index is 4.59. The zero-order chi connectivity index (χ0) is 14.9. The molecule has 0 unspecified atom stereocenters. The molecule has 0 aliphatic rings. The van der Waals surface area contributed by atoms with Gasteiger partial charge < -0.3 is 4.98 Å². The third-order valence-corrected chi connectivity index (χ3v) is 4.51. The molecule has 3 rings (SSSR count). The van der Waals surface area contributed by atoms with Crippen LogP contribution in [0.4, 0.5) is 0 Å². The van der Waals surface area contributed by atoms with E-state index in [1.165, 1.54) is 11.1 Å². The molecule has 0 amide bonds. The average Bonchev–Trinajstić information content (AvgIpc) is 2.87. The first-order valence-corrected chi connectivity index (χ1v) is 8.18. The zero-order valence-corrected chi connectivity index (χ0v) is 13.5. The van der Waals surface area contributed by atoms with Crippen LogP contribution in [0.3, 0.4) is 0 Å². The normalized spacial score (nSPS) is 12.0. The van der Waals surface area contributed by atoms with Gasteiger partial charge in [0.25, 0.3) is 0 Å². The number of hydrogen-bond donors (Lipinski definition) is 1. The Labute approximate surface area is 130 Å². The van der Waals surface area contributed by atoms with Crippen molar-refractivity contribution in [1.29, 1.82) is 0 Å². The maximum Gasteiger partial charge on any atom is 0.166 e. The minimum Gasteiger partial charge on any atom is -0.333 e. The molecule has 3 aromatic rings. The van der Waals surface area contributed by atoms with Crippen molar-refractivity contribution in [2.24, 2.45) is 0 Å². The van der Waals surface area contributed by atoms with E-state index in [0.717, 1.165) is 21.9 Å². The van der Waals surface area contributed by atoms with Crippen molar-refractivity contribution in [2.45, 2.75) is 37.1 Å². The lowest BCUT2D eigenvalue weighted by molar-refractivity contribution is 0.590. The minimum atomic E-state index is 0.213. The van der Waals surface area contributed by atoms with Crippen LogP contribution in [0.2, 0.25) is 0 Å². The van der Waals surface area contributed by atoms with E-state index in [1.54, 1.807) is 11.8 Å². The van der Waals surface area contributed by atoms with E-state index in [9.17, 15) is 0 Å². The smallest absolute Gasteiger partial charge is 0.166 e.